The molecule has 2 aromatic carbocycles. The Labute approximate surface area is 136 Å². The summed E-state index contributed by atoms with van der Waals surface area (Å²) in [4.78, 5) is 0. The van der Waals surface area contributed by atoms with Crippen molar-refractivity contribution in [2.45, 2.75) is 26.2 Å². The zero-order valence-electron chi connectivity index (χ0n) is 13.6. The van der Waals surface area contributed by atoms with Crippen molar-refractivity contribution in [2.24, 2.45) is 0 Å². The molecule has 2 rings (SSSR count). The summed E-state index contributed by atoms with van der Waals surface area (Å²) in [6.07, 6.45) is 0. The lowest BCUT2D eigenvalue weighted by Gasteiger charge is -2.27. The molecule has 0 aliphatic heterocycles. The van der Waals surface area contributed by atoms with Crippen LogP contribution in [0.4, 0.5) is 0 Å². The summed E-state index contributed by atoms with van der Waals surface area (Å²) < 4.78 is 0. The topological polar surface area (TPSA) is 0 Å². The van der Waals surface area contributed by atoms with E-state index >= 15 is 0 Å². The zero-order chi connectivity index (χ0) is 15.3. The molecule has 0 amide bonds. The molecule has 3 heteroatoms. The minimum Gasteiger partial charge on any atom is -0.167 e. The molecule has 0 saturated heterocycles. The molecular formula is C18H26SSi2. The lowest BCUT2D eigenvalue weighted by Crippen LogP contribution is -2.47. The minimum atomic E-state index is -1.29. The average molecular weight is 331 g/mol. The molecule has 112 valence electrons. The van der Waals surface area contributed by atoms with Gasteiger partial charge in [-0.15, -0.1) is 0 Å². The largest absolute Gasteiger partial charge is 0.167 e. The van der Waals surface area contributed by atoms with Gasteiger partial charge in [-0.2, -0.15) is 11.8 Å². The fourth-order valence-electron chi connectivity index (χ4n) is 2.51. The van der Waals surface area contributed by atoms with E-state index in [4.69, 9.17) is 0 Å². The molecule has 0 aromatic heterocycles. The Balaban J connectivity index is 1.95. The number of hydrogen-bond acceptors (Lipinski definition) is 1. The third-order valence-corrected chi connectivity index (χ3v) is 15.2. The molecule has 0 aliphatic rings. The van der Waals surface area contributed by atoms with Crippen LogP contribution in [0.5, 0.6) is 0 Å². The quantitative estimate of drug-likeness (QED) is 0.721. The molecule has 0 saturated carbocycles. The van der Waals surface area contributed by atoms with Crippen LogP contribution in [-0.4, -0.2) is 26.9 Å². The minimum absolute atomic E-state index is 1.29. The van der Waals surface area contributed by atoms with Crippen molar-refractivity contribution < 1.29 is 0 Å². The first kappa shape index (κ1) is 16.6. The monoisotopic (exact) mass is 330 g/mol. The second-order valence-electron chi connectivity index (χ2n) is 6.99. The van der Waals surface area contributed by atoms with E-state index in [-0.39, 0.29) is 0 Å². The molecule has 0 heterocycles. The van der Waals surface area contributed by atoms with Gasteiger partial charge in [-0.1, -0.05) is 97.2 Å². The average Bonchev–Trinajstić information content (AvgIpc) is 2.49. The summed E-state index contributed by atoms with van der Waals surface area (Å²) in [6, 6.07) is 22.2. The molecule has 0 unspecified atom stereocenters. The van der Waals surface area contributed by atoms with Gasteiger partial charge in [0.2, 0.25) is 0 Å². The molecule has 0 spiro atoms. The summed E-state index contributed by atoms with van der Waals surface area (Å²) in [5.41, 5.74) is 0. The molecule has 0 atom stereocenters. The summed E-state index contributed by atoms with van der Waals surface area (Å²) in [5.74, 6) is 0. The van der Waals surface area contributed by atoms with Crippen LogP contribution >= 0.6 is 11.8 Å². The van der Waals surface area contributed by atoms with Gasteiger partial charge in [-0.05, 0) is 10.8 Å². The Morgan fingerprint density at radius 1 is 0.619 bits per heavy atom. The van der Waals surface area contributed by atoms with Crippen LogP contribution in [0.3, 0.4) is 0 Å². The molecule has 0 aliphatic carbocycles. The van der Waals surface area contributed by atoms with E-state index in [2.05, 4.69) is 98.6 Å². The van der Waals surface area contributed by atoms with Crippen LogP contribution in [0.2, 0.25) is 26.2 Å². The van der Waals surface area contributed by atoms with Crippen molar-refractivity contribution in [3.05, 3.63) is 60.7 Å². The van der Waals surface area contributed by atoms with E-state index in [1.807, 2.05) is 0 Å². The summed E-state index contributed by atoms with van der Waals surface area (Å²) in [6.45, 7) is 9.97. The van der Waals surface area contributed by atoms with E-state index in [0.29, 0.717) is 0 Å². The van der Waals surface area contributed by atoms with Gasteiger partial charge in [-0.25, -0.2) is 0 Å². The van der Waals surface area contributed by atoms with Crippen LogP contribution in [-0.2, 0) is 0 Å². The first-order chi connectivity index (χ1) is 9.92. The van der Waals surface area contributed by atoms with Crippen LogP contribution in [0, 0.1) is 0 Å². The van der Waals surface area contributed by atoms with Crippen LogP contribution < -0.4 is 10.4 Å². The van der Waals surface area contributed by atoms with Crippen molar-refractivity contribution in [1.82, 2.24) is 0 Å². The third-order valence-electron chi connectivity index (χ3n) is 4.04. The lowest BCUT2D eigenvalue weighted by molar-refractivity contribution is 1.64. The molecule has 21 heavy (non-hydrogen) atoms. The highest BCUT2D eigenvalue weighted by molar-refractivity contribution is 8.02. The Morgan fingerprint density at radius 2 is 0.952 bits per heavy atom. The summed E-state index contributed by atoms with van der Waals surface area (Å²) in [7, 11) is -2.59. The van der Waals surface area contributed by atoms with Crippen LogP contribution in [0.25, 0.3) is 0 Å². The number of rotatable bonds is 6. The van der Waals surface area contributed by atoms with Gasteiger partial charge in [0.15, 0.2) is 0 Å². The smallest absolute Gasteiger partial charge is 0.0903 e. The predicted octanol–water partition coefficient (Wildman–Crippen LogP) is 4.03. The van der Waals surface area contributed by atoms with Gasteiger partial charge in [0.05, 0.1) is 16.1 Å². The Kier molecular flexibility index (Phi) is 5.52. The second kappa shape index (κ2) is 6.99. The number of hydrogen-bond donors (Lipinski definition) is 0. The maximum atomic E-state index is 2.49. The number of benzene rings is 2. The fourth-order valence-corrected chi connectivity index (χ4v) is 11.4. The molecule has 0 bridgehead atoms. The van der Waals surface area contributed by atoms with E-state index in [1.54, 1.807) is 10.4 Å². The van der Waals surface area contributed by atoms with E-state index < -0.39 is 16.1 Å². The van der Waals surface area contributed by atoms with Crippen molar-refractivity contribution >= 4 is 38.3 Å². The lowest BCUT2D eigenvalue weighted by atomic mass is 10.4. The van der Waals surface area contributed by atoms with Gasteiger partial charge < -0.3 is 0 Å². The highest BCUT2D eigenvalue weighted by atomic mass is 32.2. The molecule has 0 N–H and O–H groups in total. The predicted molar refractivity (Wildman–Crippen MR) is 104 cm³/mol. The summed E-state index contributed by atoms with van der Waals surface area (Å²) in [5, 5.41) is 5.80. The van der Waals surface area contributed by atoms with Gasteiger partial charge >= 0.3 is 0 Å². The van der Waals surface area contributed by atoms with Crippen molar-refractivity contribution in [1.29, 1.82) is 0 Å². The molecule has 2 aromatic rings. The van der Waals surface area contributed by atoms with Crippen molar-refractivity contribution in [2.75, 3.05) is 10.8 Å². The van der Waals surface area contributed by atoms with E-state index in [1.165, 1.54) is 10.8 Å². The highest BCUT2D eigenvalue weighted by Gasteiger charge is 2.27. The standard InChI is InChI=1S/C18H26SSi2/c1-20(2,17-11-7-5-8-12-17)15-19-16-21(3,4)18-13-9-6-10-14-18/h5-14H,15-16H2,1-4H3. The van der Waals surface area contributed by atoms with Crippen molar-refractivity contribution in [3.8, 4) is 0 Å². The third kappa shape index (κ3) is 4.60. The van der Waals surface area contributed by atoms with Gasteiger partial charge in [-0.3, -0.25) is 0 Å². The molecule has 0 radical (unpaired) electrons. The molecule has 0 nitrogen and oxygen atoms in total. The first-order valence-corrected chi connectivity index (χ1v) is 15.2. The Hall–Kier alpha value is -0.776. The maximum Gasteiger partial charge on any atom is 0.0903 e. The van der Waals surface area contributed by atoms with Crippen LogP contribution in [0.1, 0.15) is 0 Å². The van der Waals surface area contributed by atoms with Crippen LogP contribution in [0.15, 0.2) is 60.7 Å². The summed E-state index contributed by atoms with van der Waals surface area (Å²) >= 11 is 2.18. The highest BCUT2D eigenvalue weighted by Crippen LogP contribution is 2.17. The fraction of sp³-hybridized carbons (Fsp3) is 0.333. The van der Waals surface area contributed by atoms with E-state index in [9.17, 15) is 0 Å². The first-order valence-electron chi connectivity index (χ1n) is 7.61. The molecule has 0 fully saturated rings. The SMILES string of the molecule is C[Si](C)(CSC[Si](C)(C)c1ccccc1)c1ccccc1. The zero-order valence-corrected chi connectivity index (χ0v) is 16.4. The van der Waals surface area contributed by atoms with Gasteiger partial charge in [0.25, 0.3) is 0 Å². The van der Waals surface area contributed by atoms with Crippen molar-refractivity contribution in [3.63, 3.8) is 0 Å². The van der Waals surface area contributed by atoms with E-state index in [0.717, 1.165) is 0 Å². The normalized spacial score (nSPS) is 12.4. The van der Waals surface area contributed by atoms with Gasteiger partial charge in [0, 0.05) is 0 Å². The number of thioether (sulfide) groups is 1. The van der Waals surface area contributed by atoms with Gasteiger partial charge in [0.1, 0.15) is 0 Å². The Bertz CT molecular complexity index is 498. The Morgan fingerprint density at radius 3 is 1.29 bits per heavy atom. The maximum absolute atomic E-state index is 2.49. The second-order valence-corrected chi connectivity index (χ2v) is 18.4. The molecular weight excluding hydrogens is 304 g/mol.